The number of hydrogen-bond donors (Lipinski definition) is 1. The first-order valence-electron chi connectivity index (χ1n) is 6.95. The van der Waals surface area contributed by atoms with Gasteiger partial charge in [-0.05, 0) is 29.8 Å². The zero-order valence-electron chi connectivity index (χ0n) is 12.9. The summed E-state index contributed by atoms with van der Waals surface area (Å²) in [5.74, 6) is -0.654. The average Bonchev–Trinajstić information content (AvgIpc) is 2.59. The van der Waals surface area contributed by atoms with E-state index in [-0.39, 0.29) is 26.9 Å². The van der Waals surface area contributed by atoms with E-state index in [0.29, 0.717) is 11.3 Å². The highest BCUT2D eigenvalue weighted by Gasteiger charge is 2.20. The van der Waals surface area contributed by atoms with Gasteiger partial charge >= 0.3 is 0 Å². The summed E-state index contributed by atoms with van der Waals surface area (Å²) in [5, 5.41) is 23.4. The van der Waals surface area contributed by atoms with Gasteiger partial charge < -0.3 is 5.32 Å². The highest BCUT2D eigenvalue weighted by molar-refractivity contribution is 6.41. The van der Waals surface area contributed by atoms with Crippen molar-refractivity contribution in [3.63, 3.8) is 0 Å². The van der Waals surface area contributed by atoms with Crippen LogP contribution in [0.15, 0.2) is 42.0 Å². The molecule has 0 heterocycles. The van der Waals surface area contributed by atoms with E-state index in [2.05, 4.69) is 5.32 Å². The molecule has 2 aromatic carbocycles. The summed E-state index contributed by atoms with van der Waals surface area (Å²) >= 11 is 12.0. The Morgan fingerprint density at radius 3 is 2.44 bits per heavy atom. The predicted molar refractivity (Wildman–Crippen MR) is 97.0 cm³/mol. The number of Topliss-reactive ketones (excluding diaryl/α,β-unsaturated/α-hetero) is 1. The van der Waals surface area contributed by atoms with Crippen LogP contribution >= 0.6 is 23.2 Å². The third kappa shape index (κ3) is 3.97. The summed E-state index contributed by atoms with van der Waals surface area (Å²) in [6, 6.07) is 10.7. The van der Waals surface area contributed by atoms with Crippen LogP contribution in [-0.2, 0) is 0 Å². The molecular formula is C17H11Cl2N3O3. The van der Waals surface area contributed by atoms with Crippen molar-refractivity contribution in [3.8, 4) is 6.07 Å². The average molecular weight is 376 g/mol. The first kappa shape index (κ1) is 18.5. The Kier molecular flexibility index (Phi) is 5.75. The van der Waals surface area contributed by atoms with Crippen molar-refractivity contribution in [2.75, 3.05) is 12.4 Å². The molecule has 0 aliphatic heterocycles. The monoisotopic (exact) mass is 375 g/mol. The molecule has 0 bridgehead atoms. The second kappa shape index (κ2) is 7.79. The Balaban J connectivity index is 2.51. The summed E-state index contributed by atoms with van der Waals surface area (Å²) in [6.07, 6.45) is 1.26. The topological polar surface area (TPSA) is 96.0 Å². The van der Waals surface area contributed by atoms with Gasteiger partial charge in [0.05, 0.1) is 20.5 Å². The number of nitro benzene ring substituents is 1. The van der Waals surface area contributed by atoms with Gasteiger partial charge in [-0.2, -0.15) is 5.26 Å². The van der Waals surface area contributed by atoms with Crippen molar-refractivity contribution < 1.29 is 9.72 Å². The zero-order chi connectivity index (χ0) is 18.6. The summed E-state index contributed by atoms with van der Waals surface area (Å²) in [4.78, 5) is 23.1. The van der Waals surface area contributed by atoms with E-state index >= 15 is 0 Å². The molecule has 0 spiro atoms. The number of nitrogens with one attached hydrogen (secondary N) is 1. The lowest BCUT2D eigenvalue weighted by atomic mass is 10.0. The number of halogens is 2. The molecule has 0 aromatic heterocycles. The molecule has 0 atom stereocenters. The fraction of sp³-hybridized carbons (Fsp3) is 0.0588. The van der Waals surface area contributed by atoms with Gasteiger partial charge in [0.1, 0.15) is 17.3 Å². The third-order valence-corrected chi connectivity index (χ3v) is 3.98. The smallest absolute Gasteiger partial charge is 0.292 e. The van der Waals surface area contributed by atoms with Crippen molar-refractivity contribution in [1.82, 2.24) is 0 Å². The molecular weight excluding hydrogens is 365 g/mol. The Morgan fingerprint density at radius 2 is 1.92 bits per heavy atom. The molecule has 0 aliphatic rings. The molecule has 0 saturated carbocycles. The number of anilines is 1. The summed E-state index contributed by atoms with van der Waals surface area (Å²) in [6.45, 7) is 0. The number of hydrogen-bond acceptors (Lipinski definition) is 5. The van der Waals surface area contributed by atoms with Crippen LogP contribution in [0, 0.1) is 21.4 Å². The number of nitro groups is 1. The van der Waals surface area contributed by atoms with Crippen molar-refractivity contribution >= 4 is 46.4 Å². The minimum Gasteiger partial charge on any atom is -0.383 e. The van der Waals surface area contributed by atoms with E-state index in [1.165, 1.54) is 30.3 Å². The lowest BCUT2D eigenvalue weighted by Crippen LogP contribution is -2.04. The Labute approximate surface area is 153 Å². The van der Waals surface area contributed by atoms with Crippen molar-refractivity contribution in [2.45, 2.75) is 0 Å². The second-order valence-electron chi connectivity index (χ2n) is 4.88. The maximum absolute atomic E-state index is 12.6. The highest BCUT2D eigenvalue weighted by Crippen LogP contribution is 2.29. The van der Waals surface area contributed by atoms with Gasteiger partial charge in [-0.25, -0.2) is 0 Å². The number of carbonyl (C=O) groups is 1. The first-order valence-corrected chi connectivity index (χ1v) is 7.71. The summed E-state index contributed by atoms with van der Waals surface area (Å²) in [5.41, 5.74) is 0.262. The number of benzene rings is 2. The van der Waals surface area contributed by atoms with Crippen LogP contribution in [0.2, 0.25) is 10.0 Å². The van der Waals surface area contributed by atoms with E-state index in [9.17, 15) is 20.2 Å². The van der Waals surface area contributed by atoms with E-state index in [1.54, 1.807) is 25.2 Å². The van der Waals surface area contributed by atoms with Gasteiger partial charge in [-0.3, -0.25) is 14.9 Å². The SMILES string of the molecule is CNc1ccc(C=C(C#N)C(=O)c2c(Cl)cccc2Cl)cc1[N+](=O)[O-]. The normalized spacial score (nSPS) is 10.9. The molecule has 0 radical (unpaired) electrons. The Bertz CT molecular complexity index is 913. The van der Waals surface area contributed by atoms with Crippen LogP contribution in [0.1, 0.15) is 15.9 Å². The van der Waals surface area contributed by atoms with Crippen LogP contribution in [0.4, 0.5) is 11.4 Å². The lowest BCUT2D eigenvalue weighted by Gasteiger charge is -2.06. The largest absolute Gasteiger partial charge is 0.383 e. The molecule has 0 fully saturated rings. The quantitative estimate of drug-likeness (QED) is 0.267. The number of rotatable bonds is 5. The van der Waals surface area contributed by atoms with Gasteiger partial charge in [0.25, 0.3) is 5.69 Å². The number of nitrogens with zero attached hydrogens (tertiary/aromatic N) is 2. The zero-order valence-corrected chi connectivity index (χ0v) is 14.4. The molecule has 2 rings (SSSR count). The fourth-order valence-corrected chi connectivity index (χ4v) is 2.73. The minimum absolute atomic E-state index is 0.0139. The van der Waals surface area contributed by atoms with E-state index in [1.807, 2.05) is 0 Å². The van der Waals surface area contributed by atoms with Gasteiger partial charge in [0.15, 0.2) is 0 Å². The summed E-state index contributed by atoms with van der Waals surface area (Å²) < 4.78 is 0. The highest BCUT2D eigenvalue weighted by atomic mass is 35.5. The molecule has 6 nitrogen and oxygen atoms in total. The maximum atomic E-state index is 12.6. The van der Waals surface area contributed by atoms with Gasteiger partial charge in [0.2, 0.25) is 5.78 Å². The molecule has 0 amide bonds. The molecule has 1 N–H and O–H groups in total. The molecule has 25 heavy (non-hydrogen) atoms. The first-order chi connectivity index (χ1) is 11.9. The fourth-order valence-electron chi connectivity index (χ4n) is 2.17. The van der Waals surface area contributed by atoms with Crippen LogP contribution < -0.4 is 5.32 Å². The van der Waals surface area contributed by atoms with Crippen LogP contribution in [0.3, 0.4) is 0 Å². The molecule has 126 valence electrons. The van der Waals surface area contributed by atoms with Gasteiger partial charge in [-0.1, -0.05) is 35.3 Å². The number of ketones is 1. The Morgan fingerprint density at radius 1 is 1.28 bits per heavy atom. The molecule has 0 saturated heterocycles. The molecule has 0 unspecified atom stereocenters. The number of carbonyl (C=O) groups excluding carboxylic acids is 1. The molecule has 0 aliphatic carbocycles. The van der Waals surface area contributed by atoms with Gasteiger partial charge in [-0.15, -0.1) is 0 Å². The van der Waals surface area contributed by atoms with Gasteiger partial charge in [0, 0.05) is 13.1 Å². The van der Waals surface area contributed by atoms with E-state index < -0.39 is 10.7 Å². The summed E-state index contributed by atoms with van der Waals surface area (Å²) in [7, 11) is 1.56. The van der Waals surface area contributed by atoms with Crippen molar-refractivity contribution in [2.24, 2.45) is 0 Å². The van der Waals surface area contributed by atoms with E-state index in [4.69, 9.17) is 23.2 Å². The van der Waals surface area contributed by atoms with Crippen LogP contribution in [0.5, 0.6) is 0 Å². The number of nitriles is 1. The standard InChI is InChI=1S/C17H11Cl2N3O3/c1-21-14-6-5-10(8-15(14)22(24)25)7-11(9-20)17(23)16-12(18)3-2-4-13(16)19/h2-8,21H,1H3. The maximum Gasteiger partial charge on any atom is 0.292 e. The second-order valence-corrected chi connectivity index (χ2v) is 5.69. The number of allylic oxidation sites excluding steroid dienone is 1. The molecule has 8 heteroatoms. The predicted octanol–water partition coefficient (Wildman–Crippen LogP) is 4.73. The molecule has 2 aromatic rings. The van der Waals surface area contributed by atoms with Crippen LogP contribution in [0.25, 0.3) is 6.08 Å². The van der Waals surface area contributed by atoms with E-state index in [0.717, 1.165) is 0 Å². The minimum atomic E-state index is -0.654. The van der Waals surface area contributed by atoms with Crippen molar-refractivity contribution in [3.05, 3.63) is 73.3 Å². The lowest BCUT2D eigenvalue weighted by molar-refractivity contribution is -0.383. The van der Waals surface area contributed by atoms with Crippen LogP contribution in [-0.4, -0.2) is 17.8 Å². The Hall–Kier alpha value is -2.88. The third-order valence-electron chi connectivity index (χ3n) is 3.35. The van der Waals surface area contributed by atoms with Crippen molar-refractivity contribution in [1.29, 1.82) is 5.26 Å².